The molecular weight excluding hydrogens is 366 g/mol. The van der Waals surface area contributed by atoms with Crippen LogP contribution in [0.1, 0.15) is 43.4 Å². The summed E-state index contributed by atoms with van der Waals surface area (Å²) >= 11 is 5.81. The van der Waals surface area contributed by atoms with Crippen molar-refractivity contribution in [2.24, 2.45) is 0 Å². The molecule has 0 aliphatic carbocycles. The number of pyridine rings is 1. The van der Waals surface area contributed by atoms with Crippen molar-refractivity contribution in [1.82, 2.24) is 24.2 Å². The van der Waals surface area contributed by atoms with E-state index in [1.54, 1.807) is 0 Å². The van der Waals surface area contributed by atoms with Crippen molar-refractivity contribution in [3.63, 3.8) is 0 Å². The van der Waals surface area contributed by atoms with Gasteiger partial charge in [-0.25, -0.2) is 4.68 Å². The summed E-state index contributed by atoms with van der Waals surface area (Å²) in [6.45, 7) is 6.98. The van der Waals surface area contributed by atoms with Gasteiger partial charge in [-0.2, -0.15) is 5.10 Å². The summed E-state index contributed by atoms with van der Waals surface area (Å²) in [7, 11) is 0. The van der Waals surface area contributed by atoms with E-state index in [4.69, 9.17) is 17.3 Å². The monoisotopic (exact) mass is 393 g/mol. The Morgan fingerprint density at radius 1 is 1.11 bits per heavy atom. The third-order valence-electron chi connectivity index (χ3n) is 5.45. The molecule has 2 aromatic heterocycles. The second-order valence-electron chi connectivity index (χ2n) is 7.52. The average Bonchev–Trinajstić information content (AvgIpc) is 3.30. The molecule has 4 rings (SSSR count). The van der Waals surface area contributed by atoms with Gasteiger partial charge in [0, 0.05) is 37.1 Å². The van der Waals surface area contributed by atoms with E-state index in [0.29, 0.717) is 6.04 Å². The predicted octanol–water partition coefficient (Wildman–Crippen LogP) is 4.99. The molecule has 1 atom stereocenters. The van der Waals surface area contributed by atoms with Crippen LogP contribution in [0.15, 0.2) is 48.8 Å². The number of aromatic nitrogens is 4. The number of hydrogen-bond acceptors (Lipinski definition) is 4. The summed E-state index contributed by atoms with van der Waals surface area (Å²) in [4.78, 5) is 6.63. The maximum Gasteiger partial charge on any atom is 0.199 e. The number of rotatable bonds is 6. The minimum atomic E-state index is 0.434. The molecule has 3 heterocycles. The smallest absolute Gasteiger partial charge is 0.199 e. The molecule has 1 unspecified atom stereocenters. The van der Waals surface area contributed by atoms with Crippen LogP contribution in [0.25, 0.3) is 11.4 Å². The van der Waals surface area contributed by atoms with Crippen LogP contribution >= 0.6 is 12.2 Å². The SMILES string of the molecule is CCCn1c(-c2ccncc2)nn(CN2CCCC2c2ccc(C)cc2)c1=S. The van der Waals surface area contributed by atoms with Crippen molar-refractivity contribution in [2.45, 2.75) is 52.4 Å². The molecule has 3 aromatic rings. The van der Waals surface area contributed by atoms with Crippen molar-refractivity contribution in [3.05, 3.63) is 64.7 Å². The van der Waals surface area contributed by atoms with Crippen LogP contribution in [0.4, 0.5) is 0 Å². The highest BCUT2D eigenvalue weighted by atomic mass is 32.1. The third-order valence-corrected chi connectivity index (χ3v) is 5.88. The van der Waals surface area contributed by atoms with Gasteiger partial charge in [-0.15, -0.1) is 0 Å². The largest absolute Gasteiger partial charge is 0.300 e. The number of benzene rings is 1. The lowest BCUT2D eigenvalue weighted by atomic mass is 10.0. The lowest BCUT2D eigenvalue weighted by Crippen LogP contribution is -2.27. The van der Waals surface area contributed by atoms with Crippen LogP contribution in [0.2, 0.25) is 0 Å². The molecule has 0 radical (unpaired) electrons. The Labute approximate surface area is 171 Å². The van der Waals surface area contributed by atoms with E-state index in [0.717, 1.165) is 42.3 Å². The van der Waals surface area contributed by atoms with Crippen LogP contribution in [-0.2, 0) is 13.2 Å². The fourth-order valence-electron chi connectivity index (χ4n) is 4.01. The van der Waals surface area contributed by atoms with E-state index in [-0.39, 0.29) is 0 Å². The van der Waals surface area contributed by atoms with Crippen molar-refractivity contribution >= 4 is 12.2 Å². The van der Waals surface area contributed by atoms with Gasteiger partial charge in [-0.3, -0.25) is 14.5 Å². The predicted molar refractivity (Wildman–Crippen MR) is 114 cm³/mol. The average molecular weight is 394 g/mol. The Hall–Kier alpha value is -2.31. The first-order valence-electron chi connectivity index (χ1n) is 10.1. The first-order chi connectivity index (χ1) is 13.7. The molecule has 0 bridgehead atoms. The second-order valence-corrected chi connectivity index (χ2v) is 7.88. The van der Waals surface area contributed by atoms with Gasteiger partial charge in [0.1, 0.15) is 0 Å². The van der Waals surface area contributed by atoms with Gasteiger partial charge in [0.15, 0.2) is 10.6 Å². The van der Waals surface area contributed by atoms with Gasteiger partial charge in [-0.05, 0) is 56.1 Å². The molecule has 0 N–H and O–H groups in total. The molecule has 1 aliphatic rings. The van der Waals surface area contributed by atoms with Crippen molar-refractivity contribution in [3.8, 4) is 11.4 Å². The molecule has 6 heteroatoms. The number of likely N-dealkylation sites (tertiary alicyclic amines) is 1. The summed E-state index contributed by atoms with van der Waals surface area (Å²) in [6, 6.07) is 13.4. The molecule has 0 spiro atoms. The van der Waals surface area contributed by atoms with E-state index >= 15 is 0 Å². The van der Waals surface area contributed by atoms with Gasteiger partial charge in [0.05, 0.1) is 6.67 Å². The number of aryl methyl sites for hydroxylation is 1. The van der Waals surface area contributed by atoms with Gasteiger partial charge in [-0.1, -0.05) is 36.8 Å². The van der Waals surface area contributed by atoms with Crippen molar-refractivity contribution in [2.75, 3.05) is 6.54 Å². The Balaban J connectivity index is 1.64. The fourth-order valence-corrected chi connectivity index (χ4v) is 4.28. The lowest BCUT2D eigenvalue weighted by Gasteiger charge is -2.24. The number of hydrogen-bond donors (Lipinski definition) is 0. The topological polar surface area (TPSA) is 38.9 Å². The Bertz CT molecular complexity index is 974. The molecule has 5 nitrogen and oxygen atoms in total. The normalized spacial score (nSPS) is 17.3. The third kappa shape index (κ3) is 3.80. The van der Waals surface area contributed by atoms with Crippen LogP contribution < -0.4 is 0 Å². The highest BCUT2D eigenvalue weighted by molar-refractivity contribution is 7.71. The van der Waals surface area contributed by atoms with Crippen LogP contribution in [0.5, 0.6) is 0 Å². The molecule has 1 saturated heterocycles. The van der Waals surface area contributed by atoms with Crippen LogP contribution in [0.3, 0.4) is 0 Å². The van der Waals surface area contributed by atoms with Gasteiger partial charge in [0.25, 0.3) is 0 Å². The first-order valence-corrected chi connectivity index (χ1v) is 10.5. The minimum absolute atomic E-state index is 0.434. The maximum absolute atomic E-state index is 5.81. The van der Waals surface area contributed by atoms with E-state index in [1.807, 2.05) is 29.2 Å². The standard InChI is InChI=1S/C22H27N5S/c1-3-14-26-21(19-10-12-23-13-11-19)24-27(22(26)28)16-25-15-4-5-20(25)18-8-6-17(2)7-9-18/h6-13,20H,3-5,14-16H2,1-2H3. The Kier molecular flexibility index (Phi) is 5.69. The Morgan fingerprint density at radius 3 is 2.57 bits per heavy atom. The van der Waals surface area contributed by atoms with Gasteiger partial charge < -0.3 is 0 Å². The quantitative estimate of drug-likeness (QED) is 0.553. The maximum atomic E-state index is 5.81. The second kappa shape index (κ2) is 8.37. The Morgan fingerprint density at radius 2 is 1.86 bits per heavy atom. The highest BCUT2D eigenvalue weighted by Gasteiger charge is 2.27. The molecule has 146 valence electrons. The summed E-state index contributed by atoms with van der Waals surface area (Å²) in [5, 5.41) is 4.91. The van der Waals surface area contributed by atoms with E-state index in [2.05, 4.69) is 52.6 Å². The molecule has 1 aliphatic heterocycles. The minimum Gasteiger partial charge on any atom is -0.300 e. The molecule has 1 fully saturated rings. The zero-order chi connectivity index (χ0) is 19.5. The molecule has 0 saturated carbocycles. The van der Waals surface area contributed by atoms with Crippen LogP contribution in [-0.4, -0.2) is 30.8 Å². The zero-order valence-corrected chi connectivity index (χ0v) is 17.4. The molecular formula is C22H27N5S. The van der Waals surface area contributed by atoms with Crippen molar-refractivity contribution < 1.29 is 0 Å². The summed E-state index contributed by atoms with van der Waals surface area (Å²) in [6.07, 6.45) is 7.03. The molecule has 0 amide bonds. The zero-order valence-electron chi connectivity index (χ0n) is 16.6. The summed E-state index contributed by atoms with van der Waals surface area (Å²) in [5.74, 6) is 0.931. The molecule has 28 heavy (non-hydrogen) atoms. The fraction of sp³-hybridized carbons (Fsp3) is 0.409. The molecule has 1 aromatic carbocycles. The number of nitrogens with zero attached hydrogens (tertiary/aromatic N) is 5. The first kappa shape index (κ1) is 19.0. The van der Waals surface area contributed by atoms with E-state index in [9.17, 15) is 0 Å². The summed E-state index contributed by atoms with van der Waals surface area (Å²) in [5.41, 5.74) is 3.75. The van der Waals surface area contributed by atoms with Gasteiger partial charge >= 0.3 is 0 Å². The van der Waals surface area contributed by atoms with Crippen molar-refractivity contribution in [1.29, 1.82) is 0 Å². The van der Waals surface area contributed by atoms with Crippen LogP contribution in [0, 0.1) is 11.7 Å². The lowest BCUT2D eigenvalue weighted by molar-refractivity contribution is 0.189. The van der Waals surface area contributed by atoms with E-state index in [1.165, 1.54) is 24.0 Å². The highest BCUT2D eigenvalue weighted by Crippen LogP contribution is 2.32. The van der Waals surface area contributed by atoms with E-state index < -0.39 is 0 Å². The summed E-state index contributed by atoms with van der Waals surface area (Å²) < 4.78 is 4.94. The van der Waals surface area contributed by atoms with Gasteiger partial charge in [0.2, 0.25) is 0 Å².